The number of hydrogen-bond donors (Lipinski definition) is 2. The van der Waals surface area contributed by atoms with Crippen molar-refractivity contribution in [3.05, 3.63) is 35.4 Å². The minimum Gasteiger partial charge on any atom is -0.444 e. The lowest BCUT2D eigenvalue weighted by molar-refractivity contribution is -0.120. The normalized spacial score (nSPS) is 10.9. The predicted octanol–water partition coefficient (Wildman–Crippen LogP) is 2.18. The second kappa shape index (κ2) is 7.67. The zero-order valence-electron chi connectivity index (χ0n) is 13.2. The van der Waals surface area contributed by atoms with E-state index >= 15 is 0 Å². The Bertz CT molecular complexity index is 493. The number of ether oxygens (including phenoxy) is 1. The Kier molecular flexibility index (Phi) is 6.21. The van der Waals surface area contributed by atoms with E-state index in [1.165, 1.54) is 11.1 Å². The summed E-state index contributed by atoms with van der Waals surface area (Å²) >= 11 is 0. The Hall–Kier alpha value is -2.04. The highest BCUT2D eigenvalue weighted by atomic mass is 16.6. The fourth-order valence-electron chi connectivity index (χ4n) is 1.76. The molecule has 0 saturated carbocycles. The van der Waals surface area contributed by atoms with E-state index in [9.17, 15) is 9.59 Å². The zero-order valence-corrected chi connectivity index (χ0v) is 13.2. The second-order valence-electron chi connectivity index (χ2n) is 5.88. The van der Waals surface area contributed by atoms with Crippen molar-refractivity contribution in [2.45, 2.75) is 39.7 Å². The Morgan fingerprint density at radius 1 is 1.14 bits per heavy atom. The van der Waals surface area contributed by atoms with E-state index in [0.29, 0.717) is 6.54 Å². The Morgan fingerprint density at radius 3 is 2.43 bits per heavy atom. The highest BCUT2D eigenvalue weighted by Crippen LogP contribution is 2.07. The maximum absolute atomic E-state index is 11.6. The van der Waals surface area contributed by atoms with E-state index in [0.717, 1.165) is 6.42 Å². The molecule has 0 radical (unpaired) electrons. The predicted molar refractivity (Wildman–Crippen MR) is 82.1 cm³/mol. The zero-order chi connectivity index (χ0) is 15.9. The van der Waals surface area contributed by atoms with Crippen molar-refractivity contribution < 1.29 is 14.3 Å². The third-order valence-corrected chi connectivity index (χ3v) is 2.77. The van der Waals surface area contributed by atoms with E-state index in [1.54, 1.807) is 20.8 Å². The van der Waals surface area contributed by atoms with Crippen molar-refractivity contribution in [3.63, 3.8) is 0 Å². The number of nitrogens with one attached hydrogen (secondary N) is 2. The minimum atomic E-state index is -0.587. The van der Waals surface area contributed by atoms with Crippen molar-refractivity contribution in [1.29, 1.82) is 0 Å². The summed E-state index contributed by atoms with van der Waals surface area (Å²) in [5.74, 6) is -0.227. The van der Waals surface area contributed by atoms with Crippen LogP contribution in [-0.2, 0) is 16.0 Å². The van der Waals surface area contributed by atoms with Crippen LogP contribution in [0, 0.1) is 6.92 Å². The molecule has 0 aliphatic rings. The van der Waals surface area contributed by atoms with Gasteiger partial charge in [0.15, 0.2) is 0 Å². The molecule has 5 heteroatoms. The Labute approximate surface area is 126 Å². The van der Waals surface area contributed by atoms with Crippen LogP contribution in [0.1, 0.15) is 31.9 Å². The number of carbonyl (C=O) groups is 2. The van der Waals surface area contributed by atoms with Gasteiger partial charge in [0.1, 0.15) is 5.60 Å². The van der Waals surface area contributed by atoms with Crippen LogP contribution in [0.5, 0.6) is 0 Å². The molecule has 5 nitrogen and oxygen atoms in total. The van der Waals surface area contributed by atoms with Crippen molar-refractivity contribution >= 4 is 12.0 Å². The van der Waals surface area contributed by atoms with Gasteiger partial charge in [-0.05, 0) is 45.2 Å². The molecule has 0 spiro atoms. The Balaban J connectivity index is 2.23. The van der Waals surface area contributed by atoms with E-state index in [4.69, 9.17) is 4.74 Å². The van der Waals surface area contributed by atoms with Gasteiger partial charge in [-0.3, -0.25) is 4.79 Å². The van der Waals surface area contributed by atoms with E-state index in [2.05, 4.69) is 10.6 Å². The van der Waals surface area contributed by atoms with E-state index in [1.807, 2.05) is 31.2 Å². The lowest BCUT2D eigenvalue weighted by atomic mass is 10.1. The maximum atomic E-state index is 11.6. The summed E-state index contributed by atoms with van der Waals surface area (Å²) in [6.45, 7) is 7.82. The summed E-state index contributed by atoms with van der Waals surface area (Å²) in [6.07, 6.45) is 0.182. The van der Waals surface area contributed by atoms with Gasteiger partial charge in [0, 0.05) is 6.54 Å². The van der Waals surface area contributed by atoms with Crippen molar-refractivity contribution in [3.8, 4) is 0 Å². The molecule has 2 amide bonds. The van der Waals surface area contributed by atoms with Crippen LogP contribution in [0.2, 0.25) is 0 Å². The first kappa shape index (κ1) is 17.0. The smallest absolute Gasteiger partial charge is 0.408 e. The molecule has 0 aliphatic carbocycles. The number of benzene rings is 1. The topological polar surface area (TPSA) is 67.4 Å². The van der Waals surface area contributed by atoms with Gasteiger partial charge in [0.05, 0.1) is 6.54 Å². The largest absolute Gasteiger partial charge is 0.444 e. The first-order valence-electron chi connectivity index (χ1n) is 7.06. The molecule has 21 heavy (non-hydrogen) atoms. The molecule has 0 unspecified atom stereocenters. The van der Waals surface area contributed by atoms with Gasteiger partial charge in [-0.2, -0.15) is 0 Å². The van der Waals surface area contributed by atoms with Crippen molar-refractivity contribution in [2.24, 2.45) is 0 Å². The third kappa shape index (κ3) is 7.34. The molecule has 0 fully saturated rings. The molecule has 0 aromatic heterocycles. The van der Waals surface area contributed by atoms with E-state index < -0.39 is 11.7 Å². The quantitative estimate of drug-likeness (QED) is 0.874. The SMILES string of the molecule is Cc1ccccc1CCNC(=O)CNC(=O)OC(C)(C)C. The molecular weight excluding hydrogens is 268 g/mol. The highest BCUT2D eigenvalue weighted by molar-refractivity contribution is 5.82. The van der Waals surface area contributed by atoms with Gasteiger partial charge in [0.2, 0.25) is 5.91 Å². The van der Waals surface area contributed by atoms with Gasteiger partial charge in [-0.1, -0.05) is 24.3 Å². The maximum Gasteiger partial charge on any atom is 0.408 e. The van der Waals surface area contributed by atoms with Gasteiger partial charge < -0.3 is 15.4 Å². The van der Waals surface area contributed by atoms with Crippen LogP contribution < -0.4 is 10.6 Å². The lowest BCUT2D eigenvalue weighted by Gasteiger charge is -2.19. The van der Waals surface area contributed by atoms with Crippen molar-refractivity contribution in [1.82, 2.24) is 10.6 Å². The molecule has 1 aromatic carbocycles. The number of hydrogen-bond acceptors (Lipinski definition) is 3. The number of alkyl carbamates (subject to hydrolysis) is 1. The molecule has 0 atom stereocenters. The van der Waals surface area contributed by atoms with Gasteiger partial charge in [-0.15, -0.1) is 0 Å². The van der Waals surface area contributed by atoms with Gasteiger partial charge in [-0.25, -0.2) is 4.79 Å². The molecule has 0 heterocycles. The van der Waals surface area contributed by atoms with Crippen LogP contribution >= 0.6 is 0 Å². The third-order valence-electron chi connectivity index (χ3n) is 2.77. The first-order chi connectivity index (χ1) is 9.78. The van der Waals surface area contributed by atoms with Gasteiger partial charge >= 0.3 is 6.09 Å². The fraction of sp³-hybridized carbons (Fsp3) is 0.500. The highest BCUT2D eigenvalue weighted by Gasteiger charge is 2.16. The minimum absolute atomic E-state index is 0.0807. The van der Waals surface area contributed by atoms with E-state index in [-0.39, 0.29) is 12.5 Å². The lowest BCUT2D eigenvalue weighted by Crippen LogP contribution is -2.40. The average Bonchev–Trinajstić information content (AvgIpc) is 2.37. The van der Waals surface area contributed by atoms with Crippen LogP contribution in [0.15, 0.2) is 24.3 Å². The van der Waals surface area contributed by atoms with Crippen LogP contribution in [0.3, 0.4) is 0 Å². The van der Waals surface area contributed by atoms with Crippen LogP contribution in [-0.4, -0.2) is 30.7 Å². The average molecular weight is 292 g/mol. The summed E-state index contributed by atoms with van der Waals surface area (Å²) in [5.41, 5.74) is 1.85. The standard InChI is InChI=1S/C16H24N2O3/c1-12-7-5-6-8-13(12)9-10-17-14(19)11-18-15(20)21-16(2,3)4/h5-8H,9-11H2,1-4H3,(H,17,19)(H,18,20). The molecular formula is C16H24N2O3. The molecule has 116 valence electrons. The fourth-order valence-corrected chi connectivity index (χ4v) is 1.76. The first-order valence-corrected chi connectivity index (χ1v) is 7.06. The van der Waals surface area contributed by atoms with Crippen LogP contribution in [0.25, 0.3) is 0 Å². The number of amides is 2. The summed E-state index contributed by atoms with van der Waals surface area (Å²) in [4.78, 5) is 23.0. The van der Waals surface area contributed by atoms with Crippen molar-refractivity contribution in [2.75, 3.05) is 13.1 Å². The van der Waals surface area contributed by atoms with Crippen LogP contribution in [0.4, 0.5) is 4.79 Å². The second-order valence-corrected chi connectivity index (χ2v) is 5.88. The number of aryl methyl sites for hydroxylation is 1. The monoisotopic (exact) mass is 292 g/mol. The Morgan fingerprint density at radius 2 is 1.81 bits per heavy atom. The summed E-state index contributed by atoms with van der Waals surface area (Å²) in [6, 6.07) is 8.05. The number of carbonyl (C=O) groups excluding carboxylic acids is 2. The summed E-state index contributed by atoms with van der Waals surface area (Å²) in [7, 11) is 0. The molecule has 1 aromatic rings. The molecule has 0 bridgehead atoms. The molecule has 0 saturated heterocycles. The number of rotatable bonds is 5. The summed E-state index contributed by atoms with van der Waals surface area (Å²) in [5, 5.41) is 5.19. The van der Waals surface area contributed by atoms with Gasteiger partial charge in [0.25, 0.3) is 0 Å². The molecule has 0 aliphatic heterocycles. The summed E-state index contributed by atoms with van der Waals surface area (Å²) < 4.78 is 5.05. The molecule has 2 N–H and O–H groups in total. The molecule has 1 rings (SSSR count).